The van der Waals surface area contributed by atoms with Crippen molar-refractivity contribution in [1.82, 2.24) is 5.32 Å². The van der Waals surface area contributed by atoms with Crippen LogP contribution in [0.1, 0.15) is 24.2 Å². The normalized spacial score (nSPS) is 12.3. The van der Waals surface area contributed by atoms with Crippen molar-refractivity contribution in [2.45, 2.75) is 19.9 Å². The van der Waals surface area contributed by atoms with Crippen LogP contribution < -0.4 is 11.1 Å². The smallest absolute Gasteiger partial charge is 0.283 e. The number of benzene rings is 1. The third-order valence-electron chi connectivity index (χ3n) is 2.77. The Morgan fingerprint density at radius 2 is 2.16 bits per heavy atom. The summed E-state index contributed by atoms with van der Waals surface area (Å²) in [4.78, 5) is 22.2. The highest BCUT2D eigenvalue weighted by Crippen LogP contribution is 2.25. The maximum atomic E-state index is 12.0. The monoisotopic (exact) mass is 285 g/mol. The van der Waals surface area contributed by atoms with E-state index in [2.05, 4.69) is 5.32 Å². The summed E-state index contributed by atoms with van der Waals surface area (Å²) in [5.41, 5.74) is 5.35. The second-order valence-electron chi connectivity index (χ2n) is 4.51. The van der Waals surface area contributed by atoms with E-state index in [0.29, 0.717) is 0 Å². The fourth-order valence-electron chi connectivity index (χ4n) is 1.42. The van der Waals surface area contributed by atoms with E-state index in [1.54, 1.807) is 0 Å². The van der Waals surface area contributed by atoms with Crippen LogP contribution in [0.2, 0.25) is 5.02 Å². The zero-order chi connectivity index (χ0) is 14.6. The van der Waals surface area contributed by atoms with Gasteiger partial charge in [0.15, 0.2) is 0 Å². The summed E-state index contributed by atoms with van der Waals surface area (Å²) in [6, 6.07) is 3.89. The lowest BCUT2D eigenvalue weighted by atomic mass is 10.1. The van der Waals surface area contributed by atoms with Crippen LogP contribution in [0.25, 0.3) is 0 Å². The van der Waals surface area contributed by atoms with Gasteiger partial charge < -0.3 is 11.1 Å². The van der Waals surface area contributed by atoms with Crippen molar-refractivity contribution in [2.24, 2.45) is 11.7 Å². The molecular formula is C12H16ClN3O3. The molecule has 0 aliphatic carbocycles. The van der Waals surface area contributed by atoms with E-state index in [4.69, 9.17) is 17.3 Å². The molecular weight excluding hydrogens is 270 g/mol. The van der Waals surface area contributed by atoms with Gasteiger partial charge in [-0.1, -0.05) is 31.5 Å². The van der Waals surface area contributed by atoms with Crippen LogP contribution in [0.4, 0.5) is 5.69 Å². The molecule has 1 amide bonds. The van der Waals surface area contributed by atoms with Crippen molar-refractivity contribution in [3.05, 3.63) is 38.9 Å². The van der Waals surface area contributed by atoms with Gasteiger partial charge in [0, 0.05) is 18.7 Å². The summed E-state index contributed by atoms with van der Waals surface area (Å²) in [5, 5.41) is 13.5. The number of nitrogens with two attached hydrogens (primary N) is 1. The summed E-state index contributed by atoms with van der Waals surface area (Å²) in [5.74, 6) is -0.394. The minimum atomic E-state index is -0.636. The highest BCUT2D eigenvalue weighted by molar-refractivity contribution is 6.34. The molecule has 0 aromatic heterocycles. The quantitative estimate of drug-likeness (QED) is 0.638. The molecule has 1 aromatic rings. The number of hydrogen-bond donors (Lipinski definition) is 2. The van der Waals surface area contributed by atoms with Gasteiger partial charge in [-0.25, -0.2) is 0 Å². The molecule has 1 aromatic carbocycles. The zero-order valence-corrected chi connectivity index (χ0v) is 11.5. The van der Waals surface area contributed by atoms with Gasteiger partial charge in [0.05, 0.1) is 9.95 Å². The van der Waals surface area contributed by atoms with Crippen LogP contribution in [-0.2, 0) is 0 Å². The summed E-state index contributed by atoms with van der Waals surface area (Å²) in [7, 11) is 0. The minimum Gasteiger partial charge on any atom is -0.350 e. The van der Waals surface area contributed by atoms with Crippen molar-refractivity contribution < 1.29 is 9.72 Å². The minimum absolute atomic E-state index is 0.0461. The van der Waals surface area contributed by atoms with Crippen LogP contribution in [0.3, 0.4) is 0 Å². The predicted octanol–water partition coefficient (Wildman–Crippen LogP) is 1.96. The molecule has 0 aliphatic heterocycles. The molecule has 0 saturated heterocycles. The third-order valence-corrected chi connectivity index (χ3v) is 3.08. The van der Waals surface area contributed by atoms with E-state index in [9.17, 15) is 14.9 Å². The van der Waals surface area contributed by atoms with Crippen LogP contribution >= 0.6 is 11.6 Å². The van der Waals surface area contributed by atoms with Gasteiger partial charge in [0.1, 0.15) is 5.56 Å². The van der Waals surface area contributed by atoms with Gasteiger partial charge in [-0.05, 0) is 12.0 Å². The second kappa shape index (κ2) is 6.49. The SMILES string of the molecule is CC(C)C(N)CNC(=O)c1c(Cl)cccc1[N+](=O)[O-]. The van der Waals surface area contributed by atoms with Crippen molar-refractivity contribution in [1.29, 1.82) is 0 Å². The molecule has 0 radical (unpaired) electrons. The Morgan fingerprint density at radius 1 is 1.53 bits per heavy atom. The van der Waals surface area contributed by atoms with Crippen LogP contribution in [0.15, 0.2) is 18.2 Å². The fraction of sp³-hybridized carbons (Fsp3) is 0.417. The Kier molecular flexibility index (Phi) is 5.26. The average molecular weight is 286 g/mol. The van der Waals surface area contributed by atoms with E-state index < -0.39 is 10.8 Å². The van der Waals surface area contributed by atoms with Gasteiger partial charge in [-0.15, -0.1) is 0 Å². The fourth-order valence-corrected chi connectivity index (χ4v) is 1.68. The van der Waals surface area contributed by atoms with Crippen LogP contribution in [-0.4, -0.2) is 23.4 Å². The molecule has 6 nitrogen and oxygen atoms in total. The Hall–Kier alpha value is -1.66. The second-order valence-corrected chi connectivity index (χ2v) is 4.92. The summed E-state index contributed by atoms with van der Waals surface area (Å²) < 4.78 is 0. The average Bonchev–Trinajstić information content (AvgIpc) is 2.34. The molecule has 0 saturated carbocycles. The van der Waals surface area contributed by atoms with Crippen molar-refractivity contribution in [2.75, 3.05) is 6.54 Å². The van der Waals surface area contributed by atoms with Crippen molar-refractivity contribution in [3.63, 3.8) is 0 Å². The van der Waals surface area contributed by atoms with Crippen molar-refractivity contribution >= 4 is 23.2 Å². The first-order chi connectivity index (χ1) is 8.84. The highest BCUT2D eigenvalue weighted by Gasteiger charge is 2.23. The van der Waals surface area contributed by atoms with E-state index >= 15 is 0 Å². The highest BCUT2D eigenvalue weighted by atomic mass is 35.5. The number of amides is 1. The summed E-state index contributed by atoms with van der Waals surface area (Å²) in [6.45, 7) is 4.09. The zero-order valence-electron chi connectivity index (χ0n) is 10.7. The number of carbonyl (C=O) groups excluding carboxylic acids is 1. The number of nitrogens with one attached hydrogen (secondary N) is 1. The molecule has 1 unspecified atom stereocenters. The molecule has 0 fully saturated rings. The topological polar surface area (TPSA) is 98.3 Å². The standard InChI is InChI=1S/C12H16ClN3O3/c1-7(2)9(14)6-15-12(17)11-8(13)4-3-5-10(11)16(18)19/h3-5,7,9H,6,14H2,1-2H3,(H,15,17). The van der Waals surface area contributed by atoms with Crippen LogP contribution in [0, 0.1) is 16.0 Å². The van der Waals surface area contributed by atoms with Crippen LogP contribution in [0.5, 0.6) is 0 Å². The van der Waals surface area contributed by atoms with E-state index in [0.717, 1.165) is 0 Å². The van der Waals surface area contributed by atoms with Gasteiger partial charge in [-0.3, -0.25) is 14.9 Å². The molecule has 104 valence electrons. The largest absolute Gasteiger partial charge is 0.350 e. The summed E-state index contributed by atoms with van der Waals surface area (Å²) in [6.07, 6.45) is 0. The number of hydrogen-bond acceptors (Lipinski definition) is 4. The van der Waals surface area contributed by atoms with E-state index in [1.807, 2.05) is 13.8 Å². The Labute approximate surface area is 116 Å². The molecule has 19 heavy (non-hydrogen) atoms. The third kappa shape index (κ3) is 3.90. The lowest BCUT2D eigenvalue weighted by Gasteiger charge is -2.16. The van der Waals surface area contributed by atoms with E-state index in [-0.39, 0.29) is 34.8 Å². The molecule has 0 bridgehead atoms. The molecule has 1 rings (SSSR count). The molecule has 0 aliphatic rings. The number of carbonyl (C=O) groups is 1. The number of rotatable bonds is 5. The number of halogens is 1. The maximum Gasteiger partial charge on any atom is 0.283 e. The van der Waals surface area contributed by atoms with Gasteiger partial charge in [0.2, 0.25) is 0 Å². The molecule has 7 heteroatoms. The lowest BCUT2D eigenvalue weighted by Crippen LogP contribution is -2.40. The number of nitrogens with zero attached hydrogens (tertiary/aromatic N) is 1. The van der Waals surface area contributed by atoms with E-state index in [1.165, 1.54) is 18.2 Å². The lowest BCUT2D eigenvalue weighted by molar-refractivity contribution is -0.385. The molecule has 0 spiro atoms. The first kappa shape index (κ1) is 15.4. The van der Waals surface area contributed by atoms with Gasteiger partial charge in [-0.2, -0.15) is 0 Å². The molecule has 0 heterocycles. The Balaban J connectivity index is 2.91. The number of nitro groups is 1. The first-order valence-electron chi connectivity index (χ1n) is 5.81. The summed E-state index contributed by atoms with van der Waals surface area (Å²) >= 11 is 5.85. The number of nitro benzene ring substituents is 1. The predicted molar refractivity (Wildman–Crippen MR) is 73.3 cm³/mol. The molecule has 1 atom stereocenters. The van der Waals surface area contributed by atoms with Crippen molar-refractivity contribution in [3.8, 4) is 0 Å². The van der Waals surface area contributed by atoms with Gasteiger partial charge >= 0.3 is 0 Å². The maximum absolute atomic E-state index is 12.0. The Bertz CT molecular complexity index is 491. The van der Waals surface area contributed by atoms with Gasteiger partial charge in [0.25, 0.3) is 11.6 Å². The molecule has 3 N–H and O–H groups in total. The first-order valence-corrected chi connectivity index (χ1v) is 6.19. The Morgan fingerprint density at radius 3 is 2.68 bits per heavy atom.